The van der Waals surface area contributed by atoms with Gasteiger partial charge in [0.25, 0.3) is 0 Å². The summed E-state index contributed by atoms with van der Waals surface area (Å²) in [5.74, 6) is 6.56. The van der Waals surface area contributed by atoms with E-state index in [-0.39, 0.29) is 0 Å². The van der Waals surface area contributed by atoms with Crippen LogP contribution in [0.25, 0.3) is 22.5 Å². The first-order chi connectivity index (χ1) is 25.9. The zero-order valence-electron chi connectivity index (χ0n) is 31.4. The predicted octanol–water partition coefficient (Wildman–Crippen LogP) is 3.74. The van der Waals surface area contributed by atoms with E-state index in [1.165, 1.54) is 28.4 Å². The molecule has 54 heavy (non-hydrogen) atoms. The maximum atomic E-state index is 12.9. The number of aromatic nitrogens is 4. The van der Waals surface area contributed by atoms with Crippen LogP contribution in [0.15, 0.2) is 60.9 Å². The minimum Gasteiger partial charge on any atom is -0.453 e. The first-order valence-electron chi connectivity index (χ1n) is 17.0. The van der Waals surface area contributed by atoms with Crippen LogP contribution in [0, 0.1) is 11.8 Å². The van der Waals surface area contributed by atoms with Crippen molar-refractivity contribution in [3.05, 3.63) is 83.7 Å². The van der Waals surface area contributed by atoms with Gasteiger partial charge in [0.05, 0.1) is 62.3 Å². The van der Waals surface area contributed by atoms with Gasteiger partial charge in [-0.1, -0.05) is 36.1 Å². The Balaban J connectivity index is 1.35. The number of aromatic amines is 2. The van der Waals surface area contributed by atoms with Crippen molar-refractivity contribution in [2.75, 3.05) is 28.4 Å². The second-order valence-electron chi connectivity index (χ2n) is 12.3. The molecule has 16 nitrogen and oxygen atoms in total. The van der Waals surface area contributed by atoms with Crippen molar-refractivity contribution in [2.45, 2.75) is 64.1 Å². The number of rotatable bonds is 14. The van der Waals surface area contributed by atoms with Crippen molar-refractivity contribution >= 4 is 24.0 Å². The Morgan fingerprint density at radius 1 is 0.574 bits per heavy atom. The lowest BCUT2D eigenvalue weighted by atomic mass is 10.1. The van der Waals surface area contributed by atoms with Gasteiger partial charge in [-0.15, -0.1) is 0 Å². The molecule has 0 unspecified atom stereocenters. The van der Waals surface area contributed by atoms with Gasteiger partial charge in [-0.2, -0.15) is 0 Å². The number of amides is 4. The molecule has 2 aromatic heterocycles. The minimum atomic E-state index is -0.961. The zero-order valence-corrected chi connectivity index (χ0v) is 31.4. The summed E-state index contributed by atoms with van der Waals surface area (Å²) in [6, 6.07) is 12.5. The van der Waals surface area contributed by atoms with Gasteiger partial charge in [-0.3, -0.25) is 9.59 Å². The third-order valence-corrected chi connectivity index (χ3v) is 8.64. The topological polar surface area (TPSA) is 211 Å². The van der Waals surface area contributed by atoms with Crippen molar-refractivity contribution in [3.8, 4) is 34.4 Å². The second kappa shape index (κ2) is 19.1. The van der Waals surface area contributed by atoms with E-state index >= 15 is 0 Å². The van der Waals surface area contributed by atoms with Crippen molar-refractivity contribution in [3.63, 3.8) is 0 Å². The molecule has 6 N–H and O–H groups in total. The average molecular weight is 743 g/mol. The normalized spacial score (nSPS) is 14.1. The zero-order chi connectivity index (χ0) is 39.4. The van der Waals surface area contributed by atoms with Crippen molar-refractivity contribution in [1.29, 1.82) is 0 Å². The Morgan fingerprint density at radius 2 is 0.926 bits per heavy atom. The molecule has 0 aliphatic heterocycles. The minimum absolute atomic E-state index is 0.444. The number of nitrogens with one attached hydrogen (secondary N) is 6. The summed E-state index contributed by atoms with van der Waals surface area (Å²) in [7, 11) is 5.34. The molecule has 0 radical (unpaired) electrons. The molecule has 0 fully saturated rings. The molecule has 4 amide bonds. The van der Waals surface area contributed by atoms with E-state index in [1.54, 1.807) is 40.1 Å². The first-order valence-corrected chi connectivity index (χ1v) is 17.0. The summed E-state index contributed by atoms with van der Waals surface area (Å²) < 4.78 is 19.8. The van der Waals surface area contributed by atoms with Crippen molar-refractivity contribution in [2.24, 2.45) is 0 Å². The van der Waals surface area contributed by atoms with E-state index in [0.717, 1.165) is 33.6 Å². The van der Waals surface area contributed by atoms with E-state index in [0.29, 0.717) is 11.6 Å². The Hall–Kier alpha value is -6.18. The van der Waals surface area contributed by atoms with E-state index in [1.807, 2.05) is 48.5 Å². The van der Waals surface area contributed by atoms with Gasteiger partial charge in [-0.25, -0.2) is 19.6 Å². The van der Waals surface area contributed by atoms with Gasteiger partial charge < -0.3 is 50.2 Å². The molecule has 2 aromatic carbocycles. The number of methoxy groups -OCH3 is 4. The summed E-state index contributed by atoms with van der Waals surface area (Å²) in [5, 5.41) is 10.7. The summed E-state index contributed by atoms with van der Waals surface area (Å²) >= 11 is 0. The van der Waals surface area contributed by atoms with Crippen LogP contribution >= 0.6 is 0 Å². The SMILES string of the molecule is COC(=O)N[C@H](C(=O)N[C@@H](C)c1ncc(-c2ccc(C#Cc3ccc(-c4cnc([C@H](C)NC(=O)[C@@H](NC(=O)OC)[C@@H](C)OC)[nH]4)cc3)cc2)[nH]1)[C@@H](C)OC. The second-order valence-corrected chi connectivity index (χ2v) is 12.3. The van der Waals surface area contributed by atoms with Crippen LogP contribution in [-0.4, -0.2) is 96.7 Å². The molecule has 4 rings (SSSR count). The maximum Gasteiger partial charge on any atom is 0.407 e. The number of carbonyl (C=O) groups excluding carboxylic acids is 4. The van der Waals surface area contributed by atoms with Gasteiger partial charge in [0.2, 0.25) is 11.8 Å². The number of imidazole rings is 2. The lowest BCUT2D eigenvalue weighted by molar-refractivity contribution is -0.127. The van der Waals surface area contributed by atoms with Crippen molar-refractivity contribution in [1.82, 2.24) is 41.2 Å². The molecular weight excluding hydrogens is 696 g/mol. The number of ether oxygens (including phenoxy) is 4. The predicted molar refractivity (Wildman–Crippen MR) is 199 cm³/mol. The van der Waals surface area contributed by atoms with Gasteiger partial charge in [0.15, 0.2) is 0 Å². The van der Waals surface area contributed by atoms with E-state index < -0.39 is 60.4 Å². The maximum absolute atomic E-state index is 12.9. The van der Waals surface area contributed by atoms with Crippen LogP contribution in [0.4, 0.5) is 9.59 Å². The van der Waals surface area contributed by atoms with Crippen LogP contribution in [-0.2, 0) is 28.5 Å². The monoisotopic (exact) mass is 742 g/mol. The molecule has 16 heteroatoms. The van der Waals surface area contributed by atoms with E-state index in [2.05, 4.69) is 62.5 Å². The number of alkyl carbamates (subject to hydrolysis) is 2. The number of benzene rings is 2. The Labute approximate surface area is 313 Å². The molecule has 4 aromatic rings. The van der Waals surface area contributed by atoms with Crippen molar-refractivity contribution < 1.29 is 38.1 Å². The number of hydrogen-bond acceptors (Lipinski definition) is 10. The smallest absolute Gasteiger partial charge is 0.407 e. The third-order valence-electron chi connectivity index (χ3n) is 8.64. The molecule has 0 aliphatic carbocycles. The largest absolute Gasteiger partial charge is 0.453 e. The van der Waals surface area contributed by atoms with Gasteiger partial charge >= 0.3 is 12.2 Å². The standard InChI is InChI=1S/C38H46N8O8/c1-21(41-35(47)31(23(3)51-5)45-37(49)53-7)33-39-19-29(43-33)27-15-11-25(12-16-27)9-10-26-13-17-28(18-14-26)30-20-40-34(44-30)22(2)42-36(48)32(24(4)52-6)46-38(50)54-8/h11-24,31-32H,1-8H3,(H,39,43)(H,40,44)(H,41,47)(H,42,48)(H,45,49)(H,46,50)/t21-,22-,23+,24+,31-,32-/m0/s1. The first kappa shape index (κ1) is 40.6. The quantitative estimate of drug-likeness (QED) is 0.103. The Bertz CT molecular complexity index is 1810. The number of H-pyrrole nitrogens is 2. The fourth-order valence-electron chi connectivity index (χ4n) is 5.20. The molecule has 0 aliphatic rings. The van der Waals surface area contributed by atoms with Crippen LogP contribution in [0.1, 0.15) is 62.6 Å². The lowest BCUT2D eigenvalue weighted by Gasteiger charge is -2.24. The molecule has 0 spiro atoms. The summed E-state index contributed by atoms with van der Waals surface area (Å²) in [5.41, 5.74) is 4.92. The Kier molecular flexibility index (Phi) is 14.3. The van der Waals surface area contributed by atoms with Crippen LogP contribution in [0.2, 0.25) is 0 Å². The number of nitrogens with zero attached hydrogens (tertiary/aromatic N) is 2. The molecule has 2 heterocycles. The summed E-state index contributed by atoms with van der Waals surface area (Å²) in [4.78, 5) is 64.7. The highest BCUT2D eigenvalue weighted by Crippen LogP contribution is 2.22. The van der Waals surface area contributed by atoms with Crippen LogP contribution in [0.3, 0.4) is 0 Å². The molecule has 286 valence electrons. The van der Waals surface area contributed by atoms with Gasteiger partial charge in [-0.05, 0) is 63.1 Å². The molecule has 6 atom stereocenters. The van der Waals surface area contributed by atoms with Crippen LogP contribution in [0.5, 0.6) is 0 Å². The fraction of sp³-hybridized carbons (Fsp3) is 0.368. The molecular formula is C38H46N8O8. The highest BCUT2D eigenvalue weighted by atomic mass is 16.5. The van der Waals surface area contributed by atoms with E-state index in [4.69, 9.17) is 9.47 Å². The molecule has 0 saturated heterocycles. The van der Waals surface area contributed by atoms with Gasteiger partial charge in [0.1, 0.15) is 23.7 Å². The van der Waals surface area contributed by atoms with Crippen LogP contribution < -0.4 is 21.3 Å². The summed E-state index contributed by atoms with van der Waals surface area (Å²) in [6.07, 6.45) is 0.705. The molecule has 0 saturated carbocycles. The number of carbonyl (C=O) groups is 4. The fourth-order valence-corrected chi connectivity index (χ4v) is 5.20. The summed E-state index contributed by atoms with van der Waals surface area (Å²) in [6.45, 7) is 6.90. The average Bonchev–Trinajstić information content (AvgIpc) is 3.89. The third kappa shape index (κ3) is 10.7. The van der Waals surface area contributed by atoms with Gasteiger partial charge in [0, 0.05) is 25.3 Å². The highest BCUT2D eigenvalue weighted by Gasteiger charge is 2.30. The van der Waals surface area contributed by atoms with E-state index in [9.17, 15) is 19.2 Å². The number of hydrogen-bond donors (Lipinski definition) is 6. The highest BCUT2D eigenvalue weighted by molar-refractivity contribution is 5.87. The Morgan fingerprint density at radius 3 is 1.24 bits per heavy atom. The lowest BCUT2D eigenvalue weighted by Crippen LogP contribution is -2.53. The molecule has 0 bridgehead atoms.